The van der Waals surface area contributed by atoms with Crippen molar-refractivity contribution in [1.29, 1.82) is 0 Å². The Morgan fingerprint density at radius 3 is 3.15 bits per heavy atom. The van der Waals surface area contributed by atoms with Crippen LogP contribution < -0.4 is 5.32 Å². The lowest BCUT2D eigenvalue weighted by Gasteiger charge is -2.16. The second-order valence-corrected chi connectivity index (χ2v) is 5.01. The molecule has 6 nitrogen and oxygen atoms in total. The lowest BCUT2D eigenvalue weighted by molar-refractivity contribution is -0.138. The van der Waals surface area contributed by atoms with E-state index in [1.807, 2.05) is 5.38 Å². The Hall–Kier alpha value is -2.28. The van der Waals surface area contributed by atoms with Crippen molar-refractivity contribution in [3.8, 4) is 10.8 Å². The quantitative estimate of drug-likeness (QED) is 0.871. The van der Waals surface area contributed by atoms with Crippen LogP contribution in [0.2, 0.25) is 0 Å². The molecular weight excluding hydrogens is 276 g/mol. The number of ether oxygens (including phenoxy) is 1. The van der Waals surface area contributed by atoms with Crippen molar-refractivity contribution >= 4 is 23.1 Å². The van der Waals surface area contributed by atoms with Crippen LogP contribution >= 0.6 is 11.3 Å². The van der Waals surface area contributed by atoms with Gasteiger partial charge in [0.05, 0.1) is 12.2 Å². The SMILES string of the molecule is CCOC(=O)C1=CNc2nc(-c3nccs3)ncc2C1. The van der Waals surface area contributed by atoms with Gasteiger partial charge in [0.15, 0.2) is 10.8 Å². The predicted molar refractivity (Wildman–Crippen MR) is 75.2 cm³/mol. The highest BCUT2D eigenvalue weighted by atomic mass is 32.1. The summed E-state index contributed by atoms with van der Waals surface area (Å²) in [7, 11) is 0. The summed E-state index contributed by atoms with van der Waals surface area (Å²) in [6.07, 6.45) is 5.55. The minimum Gasteiger partial charge on any atom is -0.463 e. The molecule has 3 heterocycles. The number of esters is 1. The fourth-order valence-electron chi connectivity index (χ4n) is 1.86. The summed E-state index contributed by atoms with van der Waals surface area (Å²) in [6, 6.07) is 0. The molecule has 0 unspecified atom stereocenters. The van der Waals surface area contributed by atoms with Gasteiger partial charge in [-0.2, -0.15) is 0 Å². The number of carbonyl (C=O) groups is 1. The van der Waals surface area contributed by atoms with Crippen LogP contribution in [0.5, 0.6) is 0 Å². The predicted octanol–water partition coefficient (Wildman–Crippen LogP) is 2.02. The van der Waals surface area contributed by atoms with Gasteiger partial charge in [-0.1, -0.05) is 0 Å². The largest absolute Gasteiger partial charge is 0.463 e. The van der Waals surface area contributed by atoms with Crippen molar-refractivity contribution in [2.24, 2.45) is 0 Å². The lowest BCUT2D eigenvalue weighted by atomic mass is 10.1. The molecule has 0 radical (unpaired) electrons. The van der Waals surface area contributed by atoms with E-state index in [1.54, 1.807) is 25.5 Å². The van der Waals surface area contributed by atoms with Gasteiger partial charge in [-0.05, 0) is 6.92 Å². The third-order valence-electron chi connectivity index (χ3n) is 2.79. The van der Waals surface area contributed by atoms with E-state index in [0.29, 0.717) is 30.2 Å². The van der Waals surface area contributed by atoms with E-state index in [4.69, 9.17) is 4.74 Å². The number of hydrogen-bond acceptors (Lipinski definition) is 7. The van der Waals surface area contributed by atoms with Crippen LogP contribution in [0, 0.1) is 0 Å². The summed E-state index contributed by atoms with van der Waals surface area (Å²) < 4.78 is 4.98. The van der Waals surface area contributed by atoms with Crippen LogP contribution in [0.3, 0.4) is 0 Å². The zero-order valence-corrected chi connectivity index (χ0v) is 11.6. The molecule has 3 rings (SSSR count). The average molecular weight is 288 g/mol. The van der Waals surface area contributed by atoms with Crippen LogP contribution in [-0.2, 0) is 16.0 Å². The van der Waals surface area contributed by atoms with Gasteiger partial charge < -0.3 is 10.1 Å². The van der Waals surface area contributed by atoms with Gasteiger partial charge in [0.1, 0.15) is 5.82 Å². The third-order valence-corrected chi connectivity index (χ3v) is 3.56. The summed E-state index contributed by atoms with van der Waals surface area (Å²) in [5.41, 5.74) is 1.45. The number of nitrogens with one attached hydrogen (secondary N) is 1. The van der Waals surface area contributed by atoms with Crippen molar-refractivity contribution in [1.82, 2.24) is 15.0 Å². The molecule has 1 aliphatic rings. The third kappa shape index (κ3) is 2.39. The van der Waals surface area contributed by atoms with E-state index in [1.165, 1.54) is 11.3 Å². The number of carbonyl (C=O) groups excluding carboxylic acids is 1. The summed E-state index contributed by atoms with van der Waals surface area (Å²) in [4.78, 5) is 24.6. The topological polar surface area (TPSA) is 77.0 Å². The highest BCUT2D eigenvalue weighted by molar-refractivity contribution is 7.13. The normalized spacial score (nSPS) is 13.2. The van der Waals surface area contributed by atoms with Crippen molar-refractivity contribution in [2.45, 2.75) is 13.3 Å². The van der Waals surface area contributed by atoms with E-state index in [2.05, 4.69) is 20.3 Å². The van der Waals surface area contributed by atoms with Crippen molar-refractivity contribution in [3.63, 3.8) is 0 Å². The molecule has 102 valence electrons. The molecule has 0 spiro atoms. The summed E-state index contributed by atoms with van der Waals surface area (Å²) in [5.74, 6) is 0.979. The second-order valence-electron chi connectivity index (χ2n) is 4.12. The highest BCUT2D eigenvalue weighted by Gasteiger charge is 2.20. The number of thiazole rings is 1. The smallest absolute Gasteiger partial charge is 0.335 e. The van der Waals surface area contributed by atoms with Crippen LogP contribution in [-0.4, -0.2) is 27.5 Å². The van der Waals surface area contributed by atoms with Gasteiger partial charge >= 0.3 is 5.97 Å². The molecule has 20 heavy (non-hydrogen) atoms. The van der Waals surface area contributed by atoms with Crippen LogP contribution in [0.15, 0.2) is 29.5 Å². The molecule has 0 fully saturated rings. The van der Waals surface area contributed by atoms with Crippen LogP contribution in [0.25, 0.3) is 10.8 Å². The molecule has 1 N–H and O–H groups in total. The Morgan fingerprint density at radius 1 is 1.50 bits per heavy atom. The molecule has 0 saturated heterocycles. The van der Waals surface area contributed by atoms with E-state index < -0.39 is 0 Å². The first kappa shape index (κ1) is 12.7. The first-order valence-electron chi connectivity index (χ1n) is 6.16. The molecule has 0 aliphatic carbocycles. The maximum Gasteiger partial charge on any atom is 0.335 e. The number of nitrogens with zero attached hydrogens (tertiary/aromatic N) is 3. The Balaban J connectivity index is 1.84. The van der Waals surface area contributed by atoms with Gasteiger partial charge in [0, 0.05) is 36.0 Å². The molecule has 0 aromatic carbocycles. The Labute approximate surface area is 119 Å². The molecule has 0 saturated carbocycles. The first-order valence-corrected chi connectivity index (χ1v) is 7.04. The number of fused-ring (bicyclic) bond motifs is 1. The van der Waals surface area contributed by atoms with E-state index in [9.17, 15) is 4.79 Å². The minimum absolute atomic E-state index is 0.311. The molecule has 2 aromatic rings. The first-order chi connectivity index (χ1) is 9.78. The van der Waals surface area contributed by atoms with Gasteiger partial charge in [-0.3, -0.25) is 0 Å². The number of anilines is 1. The Morgan fingerprint density at radius 2 is 2.40 bits per heavy atom. The molecule has 0 amide bonds. The maximum absolute atomic E-state index is 11.7. The highest BCUT2D eigenvalue weighted by Crippen LogP contribution is 2.25. The van der Waals surface area contributed by atoms with Gasteiger partial charge in [0.2, 0.25) is 0 Å². The van der Waals surface area contributed by atoms with E-state index in [0.717, 1.165) is 10.6 Å². The van der Waals surface area contributed by atoms with E-state index in [-0.39, 0.29) is 5.97 Å². The second kappa shape index (κ2) is 5.38. The monoisotopic (exact) mass is 288 g/mol. The Bertz CT molecular complexity index is 667. The van der Waals surface area contributed by atoms with Crippen LogP contribution in [0.1, 0.15) is 12.5 Å². The van der Waals surface area contributed by atoms with Gasteiger partial charge in [-0.25, -0.2) is 19.7 Å². The van der Waals surface area contributed by atoms with E-state index >= 15 is 0 Å². The summed E-state index contributed by atoms with van der Waals surface area (Å²) >= 11 is 1.49. The fraction of sp³-hybridized carbons (Fsp3) is 0.231. The Kier molecular flexibility index (Phi) is 3.42. The molecule has 0 atom stereocenters. The summed E-state index contributed by atoms with van der Waals surface area (Å²) in [5, 5.41) is 5.67. The van der Waals surface area contributed by atoms with Crippen LogP contribution in [0.4, 0.5) is 5.82 Å². The van der Waals surface area contributed by atoms with Crippen molar-refractivity contribution in [3.05, 3.63) is 35.1 Å². The van der Waals surface area contributed by atoms with Gasteiger partial charge in [-0.15, -0.1) is 11.3 Å². The zero-order chi connectivity index (χ0) is 13.9. The van der Waals surface area contributed by atoms with Crippen molar-refractivity contribution in [2.75, 3.05) is 11.9 Å². The number of rotatable bonds is 3. The molecule has 7 heteroatoms. The molecule has 2 aromatic heterocycles. The minimum atomic E-state index is -0.311. The lowest BCUT2D eigenvalue weighted by Crippen LogP contribution is -2.16. The number of hydrogen-bond donors (Lipinski definition) is 1. The molecule has 0 bridgehead atoms. The molecule has 1 aliphatic heterocycles. The van der Waals surface area contributed by atoms with Crippen molar-refractivity contribution < 1.29 is 9.53 Å². The zero-order valence-electron chi connectivity index (χ0n) is 10.8. The number of aromatic nitrogens is 3. The summed E-state index contributed by atoms with van der Waals surface area (Å²) in [6.45, 7) is 2.15. The maximum atomic E-state index is 11.7. The standard InChI is InChI=1S/C13H12N4O2S/c1-2-19-13(18)9-5-8-6-16-11(12-14-3-4-20-12)17-10(8)15-7-9/h3-4,6-7H,2,5H2,1H3,(H,15,16,17). The fourth-order valence-corrected chi connectivity index (χ4v) is 2.44. The molecular formula is C13H12N4O2S. The van der Waals surface area contributed by atoms with Gasteiger partial charge in [0.25, 0.3) is 0 Å². The average Bonchev–Trinajstić information content (AvgIpc) is 3.00.